The van der Waals surface area contributed by atoms with E-state index in [0.29, 0.717) is 18.0 Å². The normalized spacial score (nSPS) is 15.9. The van der Waals surface area contributed by atoms with Gasteiger partial charge in [-0.2, -0.15) is 0 Å². The summed E-state index contributed by atoms with van der Waals surface area (Å²) in [6.07, 6.45) is 1.81. The zero-order valence-corrected chi connectivity index (χ0v) is 21.7. The van der Waals surface area contributed by atoms with Crippen LogP contribution in [0.25, 0.3) is 0 Å². The number of piperidine rings is 1. The Labute approximate surface area is 213 Å². The second-order valence-corrected chi connectivity index (χ2v) is 11.3. The van der Waals surface area contributed by atoms with Gasteiger partial charge in [0, 0.05) is 37.8 Å². The third-order valence-electron chi connectivity index (χ3n) is 6.53. The molecule has 0 spiro atoms. The summed E-state index contributed by atoms with van der Waals surface area (Å²) in [7, 11) is -3.58. The van der Waals surface area contributed by atoms with Crippen LogP contribution in [0.5, 0.6) is 0 Å². The molecule has 1 atom stereocenters. The lowest BCUT2D eigenvalue weighted by molar-refractivity contribution is -0.121. The SMILES string of the molecule is Cc1cc(CC(=O)NC2CCN([C@H](C)CN(c3ccccc3)S(=O)(=O)Cc3ccccc3)CC2)on1. The first-order valence-electron chi connectivity index (χ1n) is 12.3. The molecule has 36 heavy (non-hydrogen) atoms. The van der Waals surface area contributed by atoms with E-state index < -0.39 is 10.0 Å². The van der Waals surface area contributed by atoms with E-state index in [0.717, 1.165) is 37.2 Å². The van der Waals surface area contributed by atoms with E-state index in [-0.39, 0.29) is 30.2 Å². The van der Waals surface area contributed by atoms with Gasteiger partial charge >= 0.3 is 0 Å². The van der Waals surface area contributed by atoms with Crippen molar-refractivity contribution in [2.75, 3.05) is 23.9 Å². The number of para-hydroxylation sites is 1. The molecular formula is C27H34N4O4S. The van der Waals surface area contributed by atoms with E-state index in [9.17, 15) is 13.2 Å². The lowest BCUT2D eigenvalue weighted by Gasteiger charge is -2.38. The van der Waals surface area contributed by atoms with Crippen LogP contribution in [0, 0.1) is 6.92 Å². The standard InChI is InChI=1S/C27H34N4O4S/c1-21-17-26(35-29-21)18-27(32)28-24-13-15-30(16-14-24)22(2)19-31(25-11-7-4-8-12-25)36(33,34)20-23-9-5-3-6-10-23/h3-12,17,22,24H,13-16,18-20H2,1-2H3,(H,28,32)/t22-/m1/s1. The fourth-order valence-corrected chi connectivity index (χ4v) is 6.27. The van der Waals surface area contributed by atoms with Crippen LogP contribution in [0.4, 0.5) is 5.69 Å². The van der Waals surface area contributed by atoms with Gasteiger partial charge in [-0.05, 0) is 44.4 Å². The number of nitrogens with zero attached hydrogens (tertiary/aromatic N) is 3. The van der Waals surface area contributed by atoms with Crippen LogP contribution in [0.15, 0.2) is 71.3 Å². The van der Waals surface area contributed by atoms with Crippen molar-refractivity contribution in [2.45, 2.75) is 50.9 Å². The monoisotopic (exact) mass is 510 g/mol. The predicted molar refractivity (Wildman–Crippen MR) is 140 cm³/mol. The highest BCUT2D eigenvalue weighted by atomic mass is 32.2. The zero-order chi connectivity index (χ0) is 25.5. The molecule has 1 aliphatic rings. The number of sulfonamides is 1. The second kappa shape index (κ2) is 11.7. The molecule has 1 amide bonds. The molecule has 0 aliphatic carbocycles. The molecule has 1 aliphatic heterocycles. The Morgan fingerprint density at radius 2 is 1.75 bits per heavy atom. The Kier molecular flexibility index (Phi) is 8.43. The highest BCUT2D eigenvalue weighted by Gasteiger charge is 2.29. The van der Waals surface area contributed by atoms with Crippen molar-refractivity contribution in [2.24, 2.45) is 0 Å². The highest BCUT2D eigenvalue weighted by Crippen LogP contribution is 2.23. The minimum absolute atomic E-state index is 0.0181. The van der Waals surface area contributed by atoms with E-state index in [4.69, 9.17) is 4.52 Å². The number of amides is 1. The van der Waals surface area contributed by atoms with Crippen molar-refractivity contribution >= 4 is 21.6 Å². The van der Waals surface area contributed by atoms with Gasteiger partial charge in [-0.1, -0.05) is 53.7 Å². The van der Waals surface area contributed by atoms with Gasteiger partial charge in [0.05, 0.1) is 23.6 Å². The number of hydrogen-bond donors (Lipinski definition) is 1. The molecule has 1 N–H and O–H groups in total. The molecule has 1 fully saturated rings. The van der Waals surface area contributed by atoms with Crippen LogP contribution in [-0.2, 0) is 27.0 Å². The predicted octanol–water partition coefficient (Wildman–Crippen LogP) is 3.53. The van der Waals surface area contributed by atoms with Gasteiger partial charge in [0.1, 0.15) is 5.76 Å². The largest absolute Gasteiger partial charge is 0.361 e. The summed E-state index contributed by atoms with van der Waals surface area (Å²) in [6.45, 7) is 5.83. The Balaban J connectivity index is 1.35. The van der Waals surface area contributed by atoms with Crippen molar-refractivity contribution in [3.8, 4) is 0 Å². The lowest BCUT2D eigenvalue weighted by atomic mass is 10.0. The molecule has 2 aromatic carbocycles. The van der Waals surface area contributed by atoms with E-state index >= 15 is 0 Å². The molecule has 0 radical (unpaired) electrons. The van der Waals surface area contributed by atoms with Gasteiger partial charge in [-0.3, -0.25) is 14.0 Å². The summed E-state index contributed by atoms with van der Waals surface area (Å²) < 4.78 is 33.7. The summed E-state index contributed by atoms with van der Waals surface area (Å²) in [5, 5.41) is 6.92. The maximum absolute atomic E-state index is 13.5. The molecule has 4 rings (SSSR count). The van der Waals surface area contributed by atoms with Gasteiger partial charge in [0.2, 0.25) is 15.9 Å². The number of nitrogens with one attached hydrogen (secondary N) is 1. The highest BCUT2D eigenvalue weighted by molar-refractivity contribution is 7.92. The van der Waals surface area contributed by atoms with E-state index in [1.54, 1.807) is 6.07 Å². The van der Waals surface area contributed by atoms with Crippen LogP contribution in [0.1, 0.15) is 36.8 Å². The average molecular weight is 511 g/mol. The Morgan fingerprint density at radius 3 is 2.36 bits per heavy atom. The number of rotatable bonds is 10. The minimum atomic E-state index is -3.58. The zero-order valence-electron chi connectivity index (χ0n) is 20.8. The number of likely N-dealkylation sites (tertiary alicyclic amines) is 1. The van der Waals surface area contributed by atoms with E-state index in [2.05, 4.69) is 22.3 Å². The van der Waals surface area contributed by atoms with Crippen LogP contribution >= 0.6 is 0 Å². The van der Waals surface area contributed by atoms with Crippen LogP contribution in [-0.4, -0.2) is 56.1 Å². The van der Waals surface area contributed by atoms with E-state index in [1.165, 1.54) is 4.31 Å². The van der Waals surface area contributed by atoms with Gasteiger partial charge in [-0.25, -0.2) is 8.42 Å². The van der Waals surface area contributed by atoms with Crippen LogP contribution < -0.4 is 9.62 Å². The Hall–Kier alpha value is -3.17. The quantitative estimate of drug-likeness (QED) is 0.448. The number of aryl methyl sites for hydroxylation is 1. The topological polar surface area (TPSA) is 95.8 Å². The summed E-state index contributed by atoms with van der Waals surface area (Å²) in [5.74, 6) is 0.447. The summed E-state index contributed by atoms with van der Waals surface area (Å²) >= 11 is 0. The first kappa shape index (κ1) is 25.9. The lowest BCUT2D eigenvalue weighted by Crippen LogP contribution is -2.51. The molecule has 0 saturated carbocycles. The summed E-state index contributed by atoms with van der Waals surface area (Å²) in [4.78, 5) is 14.7. The third kappa shape index (κ3) is 6.95. The fourth-order valence-electron chi connectivity index (χ4n) is 4.61. The van der Waals surface area contributed by atoms with Gasteiger partial charge in [0.25, 0.3) is 0 Å². The van der Waals surface area contributed by atoms with Crippen molar-refractivity contribution in [1.82, 2.24) is 15.4 Å². The molecule has 8 nitrogen and oxygen atoms in total. The van der Waals surface area contributed by atoms with Gasteiger partial charge in [0.15, 0.2) is 0 Å². The molecule has 0 bridgehead atoms. The smallest absolute Gasteiger partial charge is 0.239 e. The summed E-state index contributed by atoms with van der Waals surface area (Å²) in [5.41, 5.74) is 2.20. The number of benzene rings is 2. The van der Waals surface area contributed by atoms with Crippen molar-refractivity contribution in [1.29, 1.82) is 0 Å². The number of carbonyl (C=O) groups is 1. The Morgan fingerprint density at radius 1 is 1.11 bits per heavy atom. The third-order valence-corrected chi connectivity index (χ3v) is 8.26. The van der Waals surface area contributed by atoms with Crippen molar-refractivity contribution < 1.29 is 17.7 Å². The molecule has 1 aromatic heterocycles. The molecule has 192 valence electrons. The molecular weight excluding hydrogens is 476 g/mol. The molecule has 1 saturated heterocycles. The first-order valence-corrected chi connectivity index (χ1v) is 14.0. The molecule has 3 aromatic rings. The number of carbonyl (C=O) groups excluding carboxylic acids is 1. The molecule has 9 heteroatoms. The van der Waals surface area contributed by atoms with Gasteiger partial charge < -0.3 is 9.84 Å². The maximum Gasteiger partial charge on any atom is 0.239 e. The average Bonchev–Trinajstić information content (AvgIpc) is 3.27. The second-order valence-electron chi connectivity index (χ2n) is 9.45. The minimum Gasteiger partial charge on any atom is -0.361 e. The maximum atomic E-state index is 13.5. The first-order chi connectivity index (χ1) is 17.3. The number of anilines is 1. The summed E-state index contributed by atoms with van der Waals surface area (Å²) in [6, 6.07) is 20.4. The number of hydrogen-bond acceptors (Lipinski definition) is 6. The van der Waals surface area contributed by atoms with Crippen molar-refractivity contribution in [3.63, 3.8) is 0 Å². The van der Waals surface area contributed by atoms with Gasteiger partial charge in [-0.15, -0.1) is 0 Å². The number of aromatic nitrogens is 1. The fraction of sp³-hybridized carbons (Fsp3) is 0.407. The molecule has 2 heterocycles. The molecule has 0 unspecified atom stereocenters. The van der Waals surface area contributed by atoms with E-state index in [1.807, 2.05) is 67.6 Å². The van der Waals surface area contributed by atoms with Crippen LogP contribution in [0.3, 0.4) is 0 Å². The van der Waals surface area contributed by atoms with Crippen molar-refractivity contribution in [3.05, 3.63) is 83.7 Å². The Bertz CT molecular complexity index is 1220. The van der Waals surface area contributed by atoms with Crippen LogP contribution in [0.2, 0.25) is 0 Å².